The van der Waals surface area contributed by atoms with E-state index in [4.69, 9.17) is 35.8 Å². The highest BCUT2D eigenvalue weighted by molar-refractivity contribution is 6.30. The molecule has 0 aliphatic rings. The molecule has 0 saturated carbocycles. The number of ether oxygens (including phenoxy) is 1. The number of carboxylic acids is 1. The van der Waals surface area contributed by atoms with E-state index in [1.54, 1.807) is 0 Å². The molecule has 0 saturated heterocycles. The van der Waals surface area contributed by atoms with Crippen LogP contribution in [-0.4, -0.2) is 32.6 Å². The molecule has 170 valence electrons. The molecule has 4 rings (SSSR count). The summed E-state index contributed by atoms with van der Waals surface area (Å²) < 4.78 is 11.5. The first-order valence-electron chi connectivity index (χ1n) is 10.6. The Morgan fingerprint density at radius 2 is 1.76 bits per heavy atom. The topological polar surface area (TPSA) is 98.3 Å². The molecule has 0 bridgehead atoms. The van der Waals surface area contributed by atoms with E-state index in [-0.39, 0.29) is 5.92 Å². The molecule has 2 heterocycles. The van der Waals surface area contributed by atoms with E-state index >= 15 is 0 Å². The van der Waals surface area contributed by atoms with Gasteiger partial charge in [-0.2, -0.15) is 4.98 Å². The number of carboxylic acid groups (broad SMARTS) is 1. The summed E-state index contributed by atoms with van der Waals surface area (Å²) in [6.07, 6.45) is 0.552. The number of rotatable bonds is 7. The average Bonchev–Trinajstić information content (AvgIpc) is 3.18. The third-order valence-corrected chi connectivity index (χ3v) is 5.45. The molecule has 0 spiro atoms. The molecular formula is C25H24ClN3O4. The number of halogens is 1. The van der Waals surface area contributed by atoms with Gasteiger partial charge in [-0.25, -0.2) is 14.8 Å². The van der Waals surface area contributed by atoms with Gasteiger partial charge in [0.25, 0.3) is 5.71 Å². The van der Waals surface area contributed by atoms with Crippen molar-refractivity contribution >= 4 is 28.8 Å². The zero-order chi connectivity index (χ0) is 23.7. The second-order valence-electron chi connectivity index (χ2n) is 8.28. The Labute approximate surface area is 196 Å². The van der Waals surface area contributed by atoms with Crippen LogP contribution in [0.5, 0.6) is 5.75 Å². The average molecular weight is 466 g/mol. The molecule has 0 unspecified atom stereocenters. The van der Waals surface area contributed by atoms with Crippen molar-refractivity contribution in [1.29, 1.82) is 0 Å². The van der Waals surface area contributed by atoms with Gasteiger partial charge in [-0.15, -0.1) is 0 Å². The van der Waals surface area contributed by atoms with Crippen molar-refractivity contribution in [2.45, 2.75) is 40.0 Å². The third-order valence-electron chi connectivity index (χ3n) is 5.20. The fourth-order valence-electron chi connectivity index (χ4n) is 3.71. The summed E-state index contributed by atoms with van der Waals surface area (Å²) >= 11 is 6.00. The van der Waals surface area contributed by atoms with Gasteiger partial charge in [0.2, 0.25) is 5.89 Å². The van der Waals surface area contributed by atoms with Crippen molar-refractivity contribution in [1.82, 2.24) is 15.0 Å². The van der Waals surface area contributed by atoms with Crippen molar-refractivity contribution in [3.05, 3.63) is 69.6 Å². The van der Waals surface area contributed by atoms with Crippen molar-refractivity contribution in [3.63, 3.8) is 0 Å². The second-order valence-corrected chi connectivity index (χ2v) is 8.71. The first-order valence-corrected chi connectivity index (χ1v) is 11.0. The van der Waals surface area contributed by atoms with Crippen LogP contribution in [0.2, 0.25) is 5.02 Å². The van der Waals surface area contributed by atoms with E-state index in [0.717, 1.165) is 27.9 Å². The van der Waals surface area contributed by atoms with Gasteiger partial charge in [0.05, 0.1) is 5.69 Å². The van der Waals surface area contributed by atoms with E-state index in [1.807, 2.05) is 50.2 Å². The Balaban J connectivity index is 1.73. The third kappa shape index (κ3) is 4.98. The highest BCUT2D eigenvalue weighted by atomic mass is 35.5. The smallest absolute Gasteiger partial charge is 0.341 e. The van der Waals surface area contributed by atoms with Crippen molar-refractivity contribution in [3.8, 4) is 17.2 Å². The Kier molecular flexibility index (Phi) is 6.33. The van der Waals surface area contributed by atoms with E-state index in [2.05, 4.69) is 18.8 Å². The molecule has 0 amide bonds. The predicted octanol–water partition coefficient (Wildman–Crippen LogP) is 5.73. The van der Waals surface area contributed by atoms with Crippen LogP contribution in [0, 0.1) is 13.8 Å². The fourth-order valence-corrected chi connectivity index (χ4v) is 3.84. The maximum absolute atomic E-state index is 10.9. The SMILES string of the molecule is Cc1cc(-c2nc3c(C(C)C)nc(Cc4ccc(Cl)cc4)nc3o2)cc(C)c1OCC(=O)O. The number of carbonyl (C=O) groups is 1. The van der Waals surface area contributed by atoms with E-state index in [0.29, 0.717) is 40.1 Å². The number of hydrogen-bond donors (Lipinski definition) is 1. The van der Waals surface area contributed by atoms with Crippen LogP contribution in [-0.2, 0) is 11.2 Å². The molecule has 2 aromatic carbocycles. The molecule has 7 nitrogen and oxygen atoms in total. The molecule has 0 radical (unpaired) electrons. The molecule has 8 heteroatoms. The van der Waals surface area contributed by atoms with Crippen molar-refractivity contribution < 1.29 is 19.1 Å². The quantitative estimate of drug-likeness (QED) is 0.372. The van der Waals surface area contributed by atoms with Crippen LogP contribution in [0.4, 0.5) is 0 Å². The summed E-state index contributed by atoms with van der Waals surface area (Å²) in [6.45, 7) is 7.45. The summed E-state index contributed by atoms with van der Waals surface area (Å²) in [5.41, 5.74) is 5.32. The van der Waals surface area contributed by atoms with Crippen LogP contribution in [0.3, 0.4) is 0 Å². The lowest BCUT2D eigenvalue weighted by atomic mass is 10.1. The minimum Gasteiger partial charge on any atom is -0.481 e. The lowest BCUT2D eigenvalue weighted by Crippen LogP contribution is -2.10. The number of oxazole rings is 1. The molecule has 0 fully saturated rings. The van der Waals surface area contributed by atoms with Gasteiger partial charge in [-0.3, -0.25) is 0 Å². The van der Waals surface area contributed by atoms with E-state index in [9.17, 15) is 4.79 Å². The van der Waals surface area contributed by atoms with Gasteiger partial charge in [-0.1, -0.05) is 37.6 Å². The zero-order valence-electron chi connectivity index (χ0n) is 18.8. The summed E-state index contributed by atoms with van der Waals surface area (Å²) in [4.78, 5) is 25.0. The molecule has 2 aromatic heterocycles. The molecule has 0 atom stereocenters. The number of aromatic nitrogens is 3. The van der Waals surface area contributed by atoms with Crippen LogP contribution in [0.15, 0.2) is 40.8 Å². The van der Waals surface area contributed by atoms with Crippen molar-refractivity contribution in [2.75, 3.05) is 6.61 Å². The van der Waals surface area contributed by atoms with Crippen LogP contribution >= 0.6 is 11.6 Å². The van der Waals surface area contributed by atoms with Crippen LogP contribution in [0.1, 0.15) is 48.0 Å². The summed E-state index contributed by atoms with van der Waals surface area (Å²) in [5, 5.41) is 9.58. The maximum atomic E-state index is 10.9. The Bertz CT molecular complexity index is 1310. The zero-order valence-corrected chi connectivity index (χ0v) is 19.6. The monoisotopic (exact) mass is 465 g/mol. The molecule has 4 aromatic rings. The Hall–Kier alpha value is -3.45. The lowest BCUT2D eigenvalue weighted by Gasteiger charge is -2.11. The number of benzene rings is 2. The van der Waals surface area contributed by atoms with Crippen molar-refractivity contribution in [2.24, 2.45) is 0 Å². The van der Waals surface area contributed by atoms with Gasteiger partial charge in [0.15, 0.2) is 12.1 Å². The van der Waals surface area contributed by atoms with Gasteiger partial charge in [0, 0.05) is 17.0 Å². The lowest BCUT2D eigenvalue weighted by molar-refractivity contribution is -0.139. The molecule has 0 aliphatic carbocycles. The Morgan fingerprint density at radius 3 is 2.36 bits per heavy atom. The molecule has 1 N–H and O–H groups in total. The van der Waals surface area contributed by atoms with Gasteiger partial charge >= 0.3 is 5.97 Å². The van der Waals surface area contributed by atoms with Gasteiger partial charge in [0.1, 0.15) is 11.6 Å². The predicted molar refractivity (Wildman–Crippen MR) is 126 cm³/mol. The van der Waals surface area contributed by atoms with Crippen LogP contribution < -0.4 is 4.74 Å². The number of aliphatic carboxylic acids is 1. The van der Waals surface area contributed by atoms with E-state index < -0.39 is 12.6 Å². The standard InChI is InChI=1S/C25H24ClN3O4/c1-13(2)21-22-25(28-19(27-21)11-16-5-7-18(26)8-6-16)33-24(29-22)17-9-14(3)23(15(4)10-17)32-12-20(30)31/h5-10,13H,11-12H2,1-4H3,(H,30,31). The fraction of sp³-hybridized carbons (Fsp3) is 0.280. The largest absolute Gasteiger partial charge is 0.481 e. The summed E-state index contributed by atoms with van der Waals surface area (Å²) in [6, 6.07) is 11.3. The highest BCUT2D eigenvalue weighted by Gasteiger charge is 2.19. The van der Waals surface area contributed by atoms with Crippen LogP contribution in [0.25, 0.3) is 22.7 Å². The second kappa shape index (κ2) is 9.19. The first-order chi connectivity index (χ1) is 15.7. The normalized spacial score (nSPS) is 11.3. The maximum Gasteiger partial charge on any atom is 0.341 e. The number of hydrogen-bond acceptors (Lipinski definition) is 6. The van der Waals surface area contributed by atoms with Gasteiger partial charge in [-0.05, 0) is 60.7 Å². The minimum absolute atomic E-state index is 0.132. The van der Waals surface area contributed by atoms with E-state index in [1.165, 1.54) is 0 Å². The summed E-state index contributed by atoms with van der Waals surface area (Å²) in [7, 11) is 0. The minimum atomic E-state index is -1.02. The molecule has 0 aliphatic heterocycles. The summed E-state index contributed by atoms with van der Waals surface area (Å²) in [5.74, 6) is 0.741. The molecular weight excluding hydrogens is 442 g/mol. The first kappa shape index (κ1) is 22.7. The Morgan fingerprint density at radius 1 is 1.09 bits per heavy atom. The number of aryl methyl sites for hydroxylation is 2. The van der Waals surface area contributed by atoms with Gasteiger partial charge < -0.3 is 14.3 Å². The highest BCUT2D eigenvalue weighted by Crippen LogP contribution is 2.33. The molecule has 33 heavy (non-hydrogen) atoms. The number of nitrogens with zero attached hydrogens (tertiary/aromatic N) is 3. The number of fused-ring (bicyclic) bond motifs is 1.